The van der Waals surface area contributed by atoms with Gasteiger partial charge in [0.1, 0.15) is 11.3 Å². The molecule has 0 unspecified atom stereocenters. The molecular formula is C21H16O7. The number of phenolic OH excluding ortho intramolecular Hbond substituents is 3. The van der Waals surface area contributed by atoms with E-state index in [9.17, 15) is 20.1 Å². The first-order chi connectivity index (χ1) is 13.4. The van der Waals surface area contributed by atoms with Crippen molar-refractivity contribution in [2.45, 2.75) is 0 Å². The molecular weight excluding hydrogens is 364 g/mol. The Labute approximate surface area is 159 Å². The van der Waals surface area contributed by atoms with Crippen LogP contribution in [-0.2, 0) is 0 Å². The van der Waals surface area contributed by atoms with Crippen LogP contribution in [0.4, 0.5) is 0 Å². The summed E-state index contributed by atoms with van der Waals surface area (Å²) in [5.41, 5.74) is 1.39. The summed E-state index contributed by atoms with van der Waals surface area (Å²) in [6, 6.07) is 10.4. The smallest absolute Gasteiger partial charge is 0.223 e. The molecule has 2 aromatic carbocycles. The lowest BCUT2D eigenvalue weighted by molar-refractivity contribution is 0.355. The molecule has 3 N–H and O–H groups in total. The number of phenols is 3. The molecule has 142 valence electrons. The Hall–Kier alpha value is -3.87. The van der Waals surface area contributed by atoms with Crippen molar-refractivity contribution in [2.24, 2.45) is 0 Å². The summed E-state index contributed by atoms with van der Waals surface area (Å²) in [5, 5.41) is 30.3. The molecule has 0 bridgehead atoms. The van der Waals surface area contributed by atoms with Gasteiger partial charge in [-0.25, -0.2) is 0 Å². The Balaban J connectivity index is 2.17. The lowest BCUT2D eigenvalue weighted by atomic mass is 9.93. The molecule has 0 saturated carbocycles. The number of hydrogen-bond donors (Lipinski definition) is 3. The zero-order chi connectivity index (χ0) is 20.0. The second-order valence-corrected chi connectivity index (χ2v) is 6.20. The highest BCUT2D eigenvalue weighted by molar-refractivity contribution is 6.03. The molecule has 0 amide bonds. The molecule has 7 heteroatoms. The van der Waals surface area contributed by atoms with E-state index in [0.717, 1.165) is 0 Å². The third-order valence-corrected chi connectivity index (χ3v) is 4.57. The first-order valence-electron chi connectivity index (χ1n) is 8.31. The fourth-order valence-corrected chi connectivity index (χ4v) is 3.23. The quantitative estimate of drug-likeness (QED) is 0.367. The standard InChI is InChI=1S/C21H16O7/c1-26-17-4-3-10(5-20(17)27-2)21-11-6-13(22)15(24)8-18(11)28-19-9-16(25)14(23)7-12(19)21/h3-9,22-24H,1-2H3. The summed E-state index contributed by atoms with van der Waals surface area (Å²) >= 11 is 0. The van der Waals surface area contributed by atoms with E-state index in [4.69, 9.17) is 13.9 Å². The van der Waals surface area contributed by atoms with Crippen molar-refractivity contribution in [3.63, 3.8) is 0 Å². The number of fused-ring (bicyclic) bond motifs is 2. The molecule has 0 spiro atoms. The van der Waals surface area contributed by atoms with Gasteiger partial charge in [-0.1, -0.05) is 6.07 Å². The molecule has 0 saturated heterocycles. The van der Waals surface area contributed by atoms with Gasteiger partial charge in [0.05, 0.1) is 14.2 Å². The average molecular weight is 380 g/mol. The molecule has 0 radical (unpaired) electrons. The molecule has 28 heavy (non-hydrogen) atoms. The van der Waals surface area contributed by atoms with E-state index in [0.29, 0.717) is 33.6 Å². The predicted octanol–water partition coefficient (Wildman–Crippen LogP) is 3.70. The topological polar surface area (TPSA) is 109 Å². The highest BCUT2D eigenvalue weighted by Crippen LogP contribution is 2.45. The fraction of sp³-hybridized carbons (Fsp3) is 0.0952. The van der Waals surface area contributed by atoms with E-state index in [2.05, 4.69) is 0 Å². The second-order valence-electron chi connectivity index (χ2n) is 6.20. The van der Waals surface area contributed by atoms with E-state index in [-0.39, 0.29) is 22.8 Å². The Morgan fingerprint density at radius 2 is 1.54 bits per heavy atom. The van der Waals surface area contributed by atoms with Crippen LogP contribution < -0.4 is 14.9 Å². The fourth-order valence-electron chi connectivity index (χ4n) is 3.23. The van der Waals surface area contributed by atoms with Crippen LogP contribution in [-0.4, -0.2) is 29.5 Å². The molecule has 2 aromatic rings. The minimum Gasteiger partial charge on any atom is -0.504 e. The average Bonchev–Trinajstić information content (AvgIpc) is 2.68. The van der Waals surface area contributed by atoms with Gasteiger partial charge in [-0.3, -0.25) is 4.79 Å². The van der Waals surface area contributed by atoms with Crippen LogP contribution in [0.15, 0.2) is 51.7 Å². The van der Waals surface area contributed by atoms with E-state index in [1.54, 1.807) is 18.2 Å². The van der Waals surface area contributed by atoms with Crippen LogP contribution >= 0.6 is 0 Å². The third-order valence-electron chi connectivity index (χ3n) is 4.57. The number of benzene rings is 3. The summed E-state index contributed by atoms with van der Waals surface area (Å²) in [6.45, 7) is 0. The van der Waals surface area contributed by atoms with E-state index in [1.807, 2.05) is 0 Å². The molecule has 7 nitrogen and oxygen atoms in total. The van der Waals surface area contributed by atoms with E-state index in [1.165, 1.54) is 38.5 Å². The van der Waals surface area contributed by atoms with Crippen LogP contribution in [0.1, 0.15) is 0 Å². The largest absolute Gasteiger partial charge is 0.504 e. The van der Waals surface area contributed by atoms with Gasteiger partial charge in [0.25, 0.3) is 0 Å². The maximum Gasteiger partial charge on any atom is 0.223 e. The molecule has 2 aliphatic rings. The highest BCUT2D eigenvalue weighted by Gasteiger charge is 2.21. The van der Waals surface area contributed by atoms with Crippen molar-refractivity contribution >= 4 is 11.0 Å². The van der Waals surface area contributed by atoms with Crippen molar-refractivity contribution in [3.8, 4) is 51.2 Å². The van der Waals surface area contributed by atoms with E-state index >= 15 is 0 Å². The minimum atomic E-state index is -0.586. The molecule has 1 heterocycles. The number of hydrogen-bond acceptors (Lipinski definition) is 7. The van der Waals surface area contributed by atoms with Gasteiger partial charge in [-0.2, -0.15) is 0 Å². The zero-order valence-corrected chi connectivity index (χ0v) is 15.0. The molecule has 0 atom stereocenters. The van der Waals surface area contributed by atoms with Crippen molar-refractivity contribution in [1.29, 1.82) is 0 Å². The molecule has 4 rings (SSSR count). The van der Waals surface area contributed by atoms with Crippen LogP contribution in [0.3, 0.4) is 0 Å². The third kappa shape index (κ3) is 2.64. The van der Waals surface area contributed by atoms with Crippen molar-refractivity contribution in [1.82, 2.24) is 0 Å². The van der Waals surface area contributed by atoms with Gasteiger partial charge >= 0.3 is 0 Å². The molecule has 0 aromatic heterocycles. The molecule has 1 aliphatic carbocycles. The zero-order valence-electron chi connectivity index (χ0n) is 15.0. The van der Waals surface area contributed by atoms with Gasteiger partial charge in [-0.15, -0.1) is 0 Å². The van der Waals surface area contributed by atoms with Gasteiger partial charge in [-0.05, 0) is 29.8 Å². The van der Waals surface area contributed by atoms with Crippen LogP contribution in [0.5, 0.6) is 28.7 Å². The lowest BCUT2D eigenvalue weighted by Crippen LogP contribution is -2.01. The van der Waals surface area contributed by atoms with Gasteiger partial charge < -0.3 is 29.2 Å². The number of methoxy groups -OCH3 is 2. The van der Waals surface area contributed by atoms with Crippen LogP contribution in [0.25, 0.3) is 33.4 Å². The maximum absolute atomic E-state index is 11.9. The summed E-state index contributed by atoms with van der Waals surface area (Å²) in [6.07, 6.45) is 0. The first-order valence-corrected chi connectivity index (χ1v) is 8.31. The Bertz CT molecular complexity index is 1240. The van der Waals surface area contributed by atoms with Crippen molar-refractivity contribution < 1.29 is 29.2 Å². The molecule has 0 fully saturated rings. The van der Waals surface area contributed by atoms with Gasteiger partial charge in [0.15, 0.2) is 28.7 Å². The Morgan fingerprint density at radius 3 is 2.25 bits per heavy atom. The minimum absolute atomic E-state index is 0.227. The van der Waals surface area contributed by atoms with Crippen LogP contribution in [0.2, 0.25) is 0 Å². The normalized spacial score (nSPS) is 11.1. The van der Waals surface area contributed by atoms with Crippen molar-refractivity contribution in [3.05, 3.63) is 52.7 Å². The van der Waals surface area contributed by atoms with Crippen molar-refractivity contribution in [2.75, 3.05) is 14.2 Å². The Morgan fingerprint density at radius 1 is 0.821 bits per heavy atom. The highest BCUT2D eigenvalue weighted by atomic mass is 16.5. The Kier molecular flexibility index (Phi) is 4.00. The maximum atomic E-state index is 11.9. The van der Waals surface area contributed by atoms with E-state index < -0.39 is 11.2 Å². The van der Waals surface area contributed by atoms with Gasteiger partial charge in [0, 0.05) is 28.6 Å². The van der Waals surface area contributed by atoms with Gasteiger partial charge in [0.2, 0.25) is 5.43 Å². The summed E-state index contributed by atoms with van der Waals surface area (Å²) < 4.78 is 16.4. The first kappa shape index (κ1) is 17.5. The van der Waals surface area contributed by atoms with Crippen LogP contribution in [0, 0.1) is 0 Å². The summed E-state index contributed by atoms with van der Waals surface area (Å²) in [7, 11) is 3.04. The second kappa shape index (κ2) is 6.38. The monoisotopic (exact) mass is 380 g/mol. The molecule has 1 aliphatic heterocycles. The SMILES string of the molecule is COc1ccc(-c2c3cc(O)c(=O)cc-3oc3cc(O)c(O)cc23)cc1OC. The lowest BCUT2D eigenvalue weighted by Gasteiger charge is -2.17. The summed E-state index contributed by atoms with van der Waals surface area (Å²) in [4.78, 5) is 11.9. The summed E-state index contributed by atoms with van der Waals surface area (Å²) in [5.74, 6) is 0.140. The predicted molar refractivity (Wildman–Crippen MR) is 103 cm³/mol. The number of rotatable bonds is 3. The number of aromatic hydroxyl groups is 3. The number of ether oxygens (including phenoxy) is 2.